The number of hydrogen-bond donors (Lipinski definition) is 3. The van der Waals surface area contributed by atoms with E-state index < -0.39 is 5.97 Å². The predicted molar refractivity (Wildman–Crippen MR) is 78.4 cm³/mol. The maximum absolute atomic E-state index is 11.2. The zero-order valence-corrected chi connectivity index (χ0v) is 11.6. The minimum absolute atomic E-state index is 0.0347. The van der Waals surface area contributed by atoms with Gasteiger partial charge in [-0.05, 0) is 30.3 Å². The molecule has 0 saturated carbocycles. The van der Waals surface area contributed by atoms with Gasteiger partial charge in [-0.25, -0.2) is 4.79 Å². The van der Waals surface area contributed by atoms with Crippen LogP contribution in [0.1, 0.15) is 29.5 Å². The largest absolute Gasteiger partial charge is 0.478 e. The standard InChI is InChI=1S/C15H16N2O4/c1-2-14(18)17-12-5-3-11(4-6-12)16-8-13-7-10(9-21-13)15(19)20/h3-7,9,16H,2,8H2,1H3,(H,17,18)(H,19,20). The molecule has 0 bridgehead atoms. The molecule has 0 atom stereocenters. The van der Waals surface area contributed by atoms with E-state index in [1.807, 2.05) is 12.1 Å². The summed E-state index contributed by atoms with van der Waals surface area (Å²) in [6, 6.07) is 8.71. The molecular weight excluding hydrogens is 272 g/mol. The molecule has 0 unspecified atom stereocenters. The van der Waals surface area contributed by atoms with Gasteiger partial charge in [-0.1, -0.05) is 6.92 Å². The van der Waals surface area contributed by atoms with Gasteiger partial charge in [-0.15, -0.1) is 0 Å². The molecule has 0 saturated heterocycles. The van der Waals surface area contributed by atoms with Gasteiger partial charge in [0.25, 0.3) is 0 Å². The normalized spacial score (nSPS) is 10.1. The van der Waals surface area contributed by atoms with Gasteiger partial charge in [0.05, 0.1) is 12.1 Å². The summed E-state index contributed by atoms with van der Waals surface area (Å²) in [5.74, 6) is -0.510. The number of amides is 1. The number of nitrogens with one attached hydrogen (secondary N) is 2. The molecule has 0 spiro atoms. The summed E-state index contributed by atoms with van der Waals surface area (Å²) in [4.78, 5) is 22.0. The predicted octanol–water partition coefficient (Wildman–Crippen LogP) is 2.94. The lowest BCUT2D eigenvalue weighted by Crippen LogP contribution is -2.09. The fourth-order valence-corrected chi connectivity index (χ4v) is 1.70. The second-order valence-electron chi connectivity index (χ2n) is 4.44. The van der Waals surface area contributed by atoms with Crippen molar-refractivity contribution >= 4 is 23.3 Å². The van der Waals surface area contributed by atoms with Crippen LogP contribution in [0.5, 0.6) is 0 Å². The number of aromatic carboxylic acids is 1. The van der Waals surface area contributed by atoms with Crippen molar-refractivity contribution in [1.82, 2.24) is 0 Å². The van der Waals surface area contributed by atoms with Crippen LogP contribution >= 0.6 is 0 Å². The van der Waals surface area contributed by atoms with Crippen molar-refractivity contribution < 1.29 is 19.1 Å². The highest BCUT2D eigenvalue weighted by atomic mass is 16.4. The summed E-state index contributed by atoms with van der Waals surface area (Å²) in [5.41, 5.74) is 1.71. The molecule has 3 N–H and O–H groups in total. The minimum atomic E-state index is -1.01. The first-order chi connectivity index (χ1) is 10.1. The van der Waals surface area contributed by atoms with E-state index in [0.717, 1.165) is 11.4 Å². The first kappa shape index (κ1) is 14.6. The average Bonchev–Trinajstić information content (AvgIpc) is 2.95. The van der Waals surface area contributed by atoms with E-state index in [4.69, 9.17) is 9.52 Å². The molecule has 1 heterocycles. The van der Waals surface area contributed by atoms with Gasteiger partial charge in [-0.2, -0.15) is 0 Å². The number of carbonyl (C=O) groups excluding carboxylic acids is 1. The molecule has 6 nitrogen and oxygen atoms in total. The van der Waals surface area contributed by atoms with Crippen molar-refractivity contribution in [2.75, 3.05) is 10.6 Å². The van der Waals surface area contributed by atoms with Gasteiger partial charge in [0.15, 0.2) is 0 Å². The smallest absolute Gasteiger partial charge is 0.338 e. The fraction of sp³-hybridized carbons (Fsp3) is 0.200. The van der Waals surface area contributed by atoms with Crippen LogP contribution in [0.3, 0.4) is 0 Å². The third kappa shape index (κ3) is 4.10. The van der Waals surface area contributed by atoms with E-state index in [-0.39, 0.29) is 11.5 Å². The van der Waals surface area contributed by atoms with E-state index >= 15 is 0 Å². The van der Waals surface area contributed by atoms with Crippen molar-refractivity contribution in [3.05, 3.63) is 47.9 Å². The minimum Gasteiger partial charge on any atom is -0.478 e. The molecule has 0 aliphatic heterocycles. The Kier molecular flexibility index (Phi) is 4.61. The van der Waals surface area contributed by atoms with Crippen LogP contribution in [0.15, 0.2) is 41.0 Å². The summed E-state index contributed by atoms with van der Waals surface area (Å²) in [5, 5.41) is 14.7. The SMILES string of the molecule is CCC(=O)Nc1ccc(NCc2cc(C(=O)O)co2)cc1. The lowest BCUT2D eigenvalue weighted by atomic mass is 10.2. The van der Waals surface area contributed by atoms with Gasteiger partial charge in [0.2, 0.25) is 5.91 Å². The van der Waals surface area contributed by atoms with Crippen LogP contribution < -0.4 is 10.6 Å². The van der Waals surface area contributed by atoms with Crippen LogP contribution in [0.25, 0.3) is 0 Å². The molecule has 6 heteroatoms. The third-order valence-corrected chi connectivity index (χ3v) is 2.86. The maximum atomic E-state index is 11.2. The molecule has 0 aliphatic carbocycles. The van der Waals surface area contributed by atoms with Gasteiger partial charge in [-0.3, -0.25) is 4.79 Å². The summed E-state index contributed by atoms with van der Waals surface area (Å²) in [7, 11) is 0. The third-order valence-electron chi connectivity index (χ3n) is 2.86. The number of rotatable bonds is 6. The maximum Gasteiger partial charge on any atom is 0.338 e. The van der Waals surface area contributed by atoms with Crippen LogP contribution in [0.4, 0.5) is 11.4 Å². The zero-order chi connectivity index (χ0) is 15.2. The van der Waals surface area contributed by atoms with Crippen LogP contribution in [-0.4, -0.2) is 17.0 Å². The highest BCUT2D eigenvalue weighted by Gasteiger charge is 2.07. The monoisotopic (exact) mass is 288 g/mol. The second-order valence-corrected chi connectivity index (χ2v) is 4.44. The summed E-state index contributed by atoms with van der Waals surface area (Å²) in [6.07, 6.45) is 1.65. The Hall–Kier alpha value is -2.76. The topological polar surface area (TPSA) is 91.6 Å². The Labute approximate surface area is 121 Å². The highest BCUT2D eigenvalue weighted by Crippen LogP contribution is 2.15. The fourth-order valence-electron chi connectivity index (χ4n) is 1.70. The van der Waals surface area contributed by atoms with Crippen molar-refractivity contribution in [3.8, 4) is 0 Å². The Morgan fingerprint density at radius 2 is 1.86 bits per heavy atom. The van der Waals surface area contributed by atoms with E-state index in [1.165, 1.54) is 12.3 Å². The van der Waals surface area contributed by atoms with Crippen molar-refractivity contribution in [2.45, 2.75) is 19.9 Å². The van der Waals surface area contributed by atoms with Gasteiger partial charge >= 0.3 is 5.97 Å². The summed E-state index contributed by atoms with van der Waals surface area (Å²) >= 11 is 0. The summed E-state index contributed by atoms with van der Waals surface area (Å²) in [6.45, 7) is 2.17. The molecule has 0 aliphatic rings. The zero-order valence-electron chi connectivity index (χ0n) is 11.6. The Balaban J connectivity index is 1.91. The summed E-state index contributed by atoms with van der Waals surface area (Å²) < 4.78 is 5.14. The Morgan fingerprint density at radius 3 is 2.43 bits per heavy atom. The molecule has 21 heavy (non-hydrogen) atoms. The Morgan fingerprint density at radius 1 is 1.19 bits per heavy atom. The highest BCUT2D eigenvalue weighted by molar-refractivity contribution is 5.90. The first-order valence-electron chi connectivity index (χ1n) is 6.53. The van der Waals surface area contributed by atoms with Gasteiger partial charge < -0.3 is 20.2 Å². The molecule has 1 aromatic heterocycles. The lowest BCUT2D eigenvalue weighted by Gasteiger charge is -2.07. The van der Waals surface area contributed by atoms with Crippen LogP contribution in [-0.2, 0) is 11.3 Å². The number of carboxylic acids is 1. The van der Waals surface area contributed by atoms with Gasteiger partial charge in [0, 0.05) is 17.8 Å². The number of hydrogen-bond acceptors (Lipinski definition) is 4. The number of carbonyl (C=O) groups is 2. The van der Waals surface area contributed by atoms with E-state index in [1.54, 1.807) is 19.1 Å². The molecule has 110 valence electrons. The molecule has 1 aromatic carbocycles. The number of benzene rings is 1. The van der Waals surface area contributed by atoms with E-state index in [0.29, 0.717) is 18.7 Å². The molecule has 2 aromatic rings. The molecule has 1 amide bonds. The molecule has 0 radical (unpaired) electrons. The Bertz CT molecular complexity index is 631. The quantitative estimate of drug-likeness (QED) is 0.760. The molecular formula is C15H16N2O4. The van der Waals surface area contributed by atoms with Crippen molar-refractivity contribution in [2.24, 2.45) is 0 Å². The number of carboxylic acid groups (broad SMARTS) is 1. The van der Waals surface area contributed by atoms with Gasteiger partial charge in [0.1, 0.15) is 12.0 Å². The van der Waals surface area contributed by atoms with Crippen molar-refractivity contribution in [3.63, 3.8) is 0 Å². The lowest BCUT2D eigenvalue weighted by molar-refractivity contribution is -0.115. The number of furan rings is 1. The average molecular weight is 288 g/mol. The number of anilines is 2. The van der Waals surface area contributed by atoms with E-state index in [9.17, 15) is 9.59 Å². The first-order valence-corrected chi connectivity index (χ1v) is 6.53. The second kappa shape index (κ2) is 6.60. The van der Waals surface area contributed by atoms with Crippen molar-refractivity contribution in [1.29, 1.82) is 0 Å². The van der Waals surface area contributed by atoms with Crippen LogP contribution in [0, 0.1) is 0 Å². The molecule has 2 rings (SSSR count). The van der Waals surface area contributed by atoms with Crippen LogP contribution in [0.2, 0.25) is 0 Å². The van der Waals surface area contributed by atoms with E-state index in [2.05, 4.69) is 10.6 Å². The molecule has 0 fully saturated rings.